The van der Waals surface area contributed by atoms with Crippen LogP contribution in [0, 0.1) is 18.8 Å². The monoisotopic (exact) mass is 348 g/mol. The van der Waals surface area contributed by atoms with Gasteiger partial charge >= 0.3 is 0 Å². The van der Waals surface area contributed by atoms with Gasteiger partial charge in [-0.2, -0.15) is 0 Å². The number of aliphatic hydroxyl groups is 1. The summed E-state index contributed by atoms with van der Waals surface area (Å²) in [5.74, 6) is 5.12. The highest BCUT2D eigenvalue weighted by molar-refractivity contribution is 7.95. The SMILES string of the molecule is Cc1cc(S(=O)(=O)Nc2ncc(C#CCO)s2)sc1Cl. The molecule has 106 valence electrons. The number of sulfonamides is 1. The summed E-state index contributed by atoms with van der Waals surface area (Å²) < 4.78 is 27.2. The third kappa shape index (κ3) is 3.50. The number of anilines is 1. The average Bonchev–Trinajstić information content (AvgIpc) is 2.95. The second-order valence-electron chi connectivity index (χ2n) is 3.62. The van der Waals surface area contributed by atoms with Crippen LogP contribution in [0.1, 0.15) is 10.4 Å². The number of thiazole rings is 1. The fourth-order valence-electron chi connectivity index (χ4n) is 1.24. The van der Waals surface area contributed by atoms with Crippen LogP contribution in [0.4, 0.5) is 5.13 Å². The van der Waals surface area contributed by atoms with Crippen LogP contribution in [0.3, 0.4) is 0 Å². The molecule has 2 heterocycles. The van der Waals surface area contributed by atoms with Gasteiger partial charge in [-0.3, -0.25) is 4.72 Å². The van der Waals surface area contributed by atoms with E-state index in [2.05, 4.69) is 21.5 Å². The van der Waals surface area contributed by atoms with E-state index >= 15 is 0 Å². The minimum Gasteiger partial charge on any atom is -0.384 e. The lowest BCUT2D eigenvalue weighted by Gasteiger charge is -2.01. The zero-order valence-electron chi connectivity index (χ0n) is 10.2. The summed E-state index contributed by atoms with van der Waals surface area (Å²) in [7, 11) is -3.69. The van der Waals surface area contributed by atoms with Crippen LogP contribution in [-0.2, 0) is 10.0 Å². The van der Waals surface area contributed by atoms with Crippen LogP contribution in [0.5, 0.6) is 0 Å². The van der Waals surface area contributed by atoms with Gasteiger partial charge in [0, 0.05) is 0 Å². The van der Waals surface area contributed by atoms with Gasteiger partial charge in [0.15, 0.2) is 5.13 Å². The Hall–Kier alpha value is -1.11. The highest BCUT2D eigenvalue weighted by Gasteiger charge is 2.19. The number of aliphatic hydroxyl groups excluding tert-OH is 1. The van der Waals surface area contributed by atoms with Gasteiger partial charge in [-0.25, -0.2) is 13.4 Å². The summed E-state index contributed by atoms with van der Waals surface area (Å²) in [6, 6.07) is 1.51. The van der Waals surface area contributed by atoms with E-state index < -0.39 is 10.0 Å². The summed E-state index contributed by atoms with van der Waals surface area (Å²) in [6.45, 7) is 1.48. The lowest BCUT2D eigenvalue weighted by atomic mass is 10.4. The number of hydrogen-bond donors (Lipinski definition) is 2. The summed E-state index contributed by atoms with van der Waals surface area (Å²) in [5.41, 5.74) is 0.714. The van der Waals surface area contributed by atoms with E-state index in [1.807, 2.05) is 0 Å². The molecule has 0 amide bonds. The van der Waals surface area contributed by atoms with E-state index in [1.165, 1.54) is 12.3 Å². The first-order valence-corrected chi connectivity index (χ1v) is 8.76. The third-order valence-corrected chi connectivity index (χ3v) is 6.44. The van der Waals surface area contributed by atoms with Gasteiger partial charge in [0.05, 0.1) is 15.4 Å². The van der Waals surface area contributed by atoms with Gasteiger partial charge in [0.1, 0.15) is 10.8 Å². The zero-order chi connectivity index (χ0) is 14.8. The molecule has 5 nitrogen and oxygen atoms in total. The van der Waals surface area contributed by atoms with Crippen LogP contribution < -0.4 is 4.72 Å². The average molecular weight is 349 g/mol. The van der Waals surface area contributed by atoms with E-state index in [-0.39, 0.29) is 15.9 Å². The van der Waals surface area contributed by atoms with E-state index in [0.717, 1.165) is 22.7 Å². The molecule has 9 heteroatoms. The number of hydrogen-bond acceptors (Lipinski definition) is 6. The summed E-state index contributed by atoms with van der Waals surface area (Å²) in [5, 5.41) is 8.80. The van der Waals surface area contributed by atoms with Gasteiger partial charge in [0.2, 0.25) is 0 Å². The Morgan fingerprint density at radius 3 is 2.85 bits per heavy atom. The highest BCUT2D eigenvalue weighted by atomic mass is 35.5. The van der Waals surface area contributed by atoms with Crippen molar-refractivity contribution >= 4 is 49.4 Å². The molecule has 2 rings (SSSR count). The molecule has 0 radical (unpaired) electrons. The number of aryl methyl sites for hydroxylation is 1. The molecule has 0 fully saturated rings. The van der Waals surface area contributed by atoms with Gasteiger partial charge in [-0.15, -0.1) is 11.3 Å². The van der Waals surface area contributed by atoms with Crippen LogP contribution in [0.2, 0.25) is 4.34 Å². The molecular formula is C11H9ClN2O3S3. The Bertz CT molecular complexity index is 764. The van der Waals surface area contributed by atoms with E-state index in [4.69, 9.17) is 16.7 Å². The maximum atomic E-state index is 12.1. The lowest BCUT2D eigenvalue weighted by Crippen LogP contribution is -2.11. The number of nitrogens with one attached hydrogen (secondary N) is 1. The smallest absolute Gasteiger partial charge is 0.273 e. The molecule has 0 atom stereocenters. The molecular weight excluding hydrogens is 340 g/mol. The molecule has 0 aliphatic heterocycles. The van der Waals surface area contributed by atoms with Crippen molar-refractivity contribution < 1.29 is 13.5 Å². The number of halogens is 1. The molecule has 0 bridgehead atoms. The molecule has 0 aliphatic carbocycles. The molecule has 20 heavy (non-hydrogen) atoms. The highest BCUT2D eigenvalue weighted by Crippen LogP contribution is 2.31. The fraction of sp³-hybridized carbons (Fsp3) is 0.182. The summed E-state index contributed by atoms with van der Waals surface area (Å²) >= 11 is 7.95. The van der Waals surface area contributed by atoms with Crippen LogP contribution in [0.25, 0.3) is 0 Å². The molecule has 0 unspecified atom stereocenters. The lowest BCUT2D eigenvalue weighted by molar-refractivity contribution is 0.350. The van der Waals surface area contributed by atoms with E-state index in [1.54, 1.807) is 6.92 Å². The van der Waals surface area contributed by atoms with Crippen molar-refractivity contribution in [2.75, 3.05) is 11.3 Å². The second-order valence-corrected chi connectivity index (χ2v) is 8.21. The second kappa shape index (κ2) is 6.11. The Morgan fingerprint density at radius 1 is 1.50 bits per heavy atom. The molecule has 2 aromatic heterocycles. The molecule has 0 spiro atoms. The third-order valence-electron chi connectivity index (χ3n) is 2.12. The van der Waals surface area contributed by atoms with Crippen molar-refractivity contribution in [1.82, 2.24) is 4.98 Å². The number of aromatic nitrogens is 1. The minimum absolute atomic E-state index is 0.137. The first kappa shape index (κ1) is 15.3. The molecule has 0 saturated carbocycles. The molecule has 0 saturated heterocycles. The molecule has 0 aromatic carbocycles. The Kier molecular flexibility index (Phi) is 4.67. The van der Waals surface area contributed by atoms with E-state index in [0.29, 0.717) is 14.8 Å². The predicted octanol–water partition coefficient (Wildman–Crippen LogP) is 2.31. The topological polar surface area (TPSA) is 79.3 Å². The maximum Gasteiger partial charge on any atom is 0.273 e. The van der Waals surface area contributed by atoms with Crippen LogP contribution in [-0.4, -0.2) is 25.1 Å². The molecule has 2 N–H and O–H groups in total. The zero-order valence-corrected chi connectivity index (χ0v) is 13.4. The van der Waals surface area contributed by atoms with Crippen molar-refractivity contribution in [3.63, 3.8) is 0 Å². The Balaban J connectivity index is 2.22. The van der Waals surface area contributed by atoms with Crippen LogP contribution in [0.15, 0.2) is 16.5 Å². The van der Waals surface area contributed by atoms with Crippen molar-refractivity contribution in [3.05, 3.63) is 27.0 Å². The van der Waals surface area contributed by atoms with Crippen molar-refractivity contribution in [1.29, 1.82) is 0 Å². The first-order valence-electron chi connectivity index (χ1n) is 5.26. The quantitative estimate of drug-likeness (QED) is 0.834. The maximum absolute atomic E-state index is 12.1. The Morgan fingerprint density at radius 2 is 2.25 bits per heavy atom. The van der Waals surface area contributed by atoms with Crippen molar-refractivity contribution in [2.24, 2.45) is 0 Å². The number of nitrogens with zero attached hydrogens (tertiary/aromatic N) is 1. The first-order chi connectivity index (χ1) is 9.42. The standard InChI is InChI=1S/C11H9ClN2O3S3/c1-7-5-9(19-10(7)12)20(16,17)14-11-13-6-8(18-11)3-2-4-15/h5-6,15H,4H2,1H3,(H,13,14). The summed E-state index contributed by atoms with van der Waals surface area (Å²) in [4.78, 5) is 4.49. The van der Waals surface area contributed by atoms with Gasteiger partial charge < -0.3 is 5.11 Å². The predicted molar refractivity (Wildman–Crippen MR) is 81.0 cm³/mol. The number of rotatable bonds is 3. The minimum atomic E-state index is -3.69. The Labute approximate surface area is 129 Å². The van der Waals surface area contributed by atoms with E-state index in [9.17, 15) is 8.42 Å². The molecule has 0 aliphatic rings. The normalized spacial score (nSPS) is 10.9. The molecule has 2 aromatic rings. The summed E-state index contributed by atoms with van der Waals surface area (Å²) in [6.07, 6.45) is 1.44. The van der Waals surface area contributed by atoms with Gasteiger partial charge in [0.25, 0.3) is 10.0 Å². The van der Waals surface area contributed by atoms with Gasteiger partial charge in [-0.05, 0) is 18.6 Å². The van der Waals surface area contributed by atoms with Crippen molar-refractivity contribution in [3.8, 4) is 11.8 Å². The number of thiophene rings is 1. The van der Waals surface area contributed by atoms with Crippen molar-refractivity contribution in [2.45, 2.75) is 11.1 Å². The largest absolute Gasteiger partial charge is 0.384 e. The fourth-order valence-corrected chi connectivity index (χ4v) is 4.88. The van der Waals surface area contributed by atoms with Crippen LogP contribution >= 0.6 is 34.3 Å². The van der Waals surface area contributed by atoms with Gasteiger partial charge in [-0.1, -0.05) is 34.8 Å².